The Labute approximate surface area is 141 Å². The molecular formula is C21H31NO. The van der Waals surface area contributed by atoms with Crippen LogP contribution in [0.15, 0.2) is 30.5 Å². The first-order valence-electron chi connectivity index (χ1n) is 9.38. The van der Waals surface area contributed by atoms with E-state index in [2.05, 4.69) is 18.0 Å². The summed E-state index contributed by atoms with van der Waals surface area (Å²) < 4.78 is 0. The fourth-order valence-corrected chi connectivity index (χ4v) is 3.24. The molecule has 0 aliphatic heterocycles. The summed E-state index contributed by atoms with van der Waals surface area (Å²) >= 11 is 0. The second-order valence-electron chi connectivity index (χ2n) is 6.58. The molecule has 1 heterocycles. The van der Waals surface area contributed by atoms with Crippen LogP contribution in [0.5, 0.6) is 5.75 Å². The molecule has 0 amide bonds. The van der Waals surface area contributed by atoms with Gasteiger partial charge in [0.15, 0.2) is 0 Å². The van der Waals surface area contributed by atoms with Gasteiger partial charge in [-0.05, 0) is 30.5 Å². The van der Waals surface area contributed by atoms with Crippen molar-refractivity contribution in [2.45, 2.75) is 77.6 Å². The number of unbranched alkanes of at least 4 members (excludes halogenated alkanes) is 9. The Morgan fingerprint density at radius 3 is 2.17 bits per heavy atom. The maximum Gasteiger partial charge on any atom is 0.141 e. The molecule has 23 heavy (non-hydrogen) atoms. The lowest BCUT2D eigenvalue weighted by Gasteiger charge is -2.07. The van der Waals surface area contributed by atoms with Crippen molar-refractivity contribution in [3.05, 3.63) is 36.0 Å². The standard InChI is InChI=1S/C21H31NO/c1-2-3-4-5-6-7-8-9-10-11-13-18-15-16-20(23)21-19(18)14-12-17-22-21/h12,14-17,23H,2-11,13H2,1H3. The van der Waals surface area contributed by atoms with Crippen molar-refractivity contribution in [1.29, 1.82) is 0 Å². The molecule has 1 aromatic heterocycles. The summed E-state index contributed by atoms with van der Waals surface area (Å²) in [6.07, 6.45) is 16.5. The second-order valence-corrected chi connectivity index (χ2v) is 6.58. The highest BCUT2D eigenvalue weighted by Gasteiger charge is 2.05. The molecule has 0 aliphatic carbocycles. The highest BCUT2D eigenvalue weighted by atomic mass is 16.3. The lowest BCUT2D eigenvalue weighted by atomic mass is 10.0. The molecule has 0 bridgehead atoms. The number of benzene rings is 1. The van der Waals surface area contributed by atoms with Gasteiger partial charge in [-0.1, -0.05) is 76.8 Å². The normalized spacial score (nSPS) is 11.2. The molecule has 2 rings (SSSR count). The topological polar surface area (TPSA) is 33.1 Å². The third-order valence-corrected chi connectivity index (χ3v) is 4.64. The molecule has 2 aromatic rings. The largest absolute Gasteiger partial charge is 0.506 e. The minimum Gasteiger partial charge on any atom is -0.506 e. The summed E-state index contributed by atoms with van der Waals surface area (Å²) in [7, 11) is 0. The number of nitrogens with zero attached hydrogens (tertiary/aromatic N) is 1. The van der Waals surface area contributed by atoms with Crippen LogP contribution in [-0.4, -0.2) is 10.1 Å². The number of fused-ring (bicyclic) bond motifs is 1. The van der Waals surface area contributed by atoms with E-state index in [-0.39, 0.29) is 5.75 Å². The number of aromatic hydroxyl groups is 1. The summed E-state index contributed by atoms with van der Waals surface area (Å²) in [5.74, 6) is 0.285. The smallest absolute Gasteiger partial charge is 0.141 e. The van der Waals surface area contributed by atoms with E-state index >= 15 is 0 Å². The van der Waals surface area contributed by atoms with E-state index < -0.39 is 0 Å². The summed E-state index contributed by atoms with van der Waals surface area (Å²) in [6.45, 7) is 2.27. The van der Waals surface area contributed by atoms with Crippen molar-refractivity contribution < 1.29 is 5.11 Å². The number of phenols is 1. The molecule has 0 radical (unpaired) electrons. The van der Waals surface area contributed by atoms with Gasteiger partial charge in [0.25, 0.3) is 0 Å². The monoisotopic (exact) mass is 313 g/mol. The zero-order chi connectivity index (χ0) is 16.3. The molecule has 1 aromatic carbocycles. The van der Waals surface area contributed by atoms with Gasteiger partial charge in [-0.25, -0.2) is 0 Å². The van der Waals surface area contributed by atoms with Crippen molar-refractivity contribution in [3.8, 4) is 5.75 Å². The van der Waals surface area contributed by atoms with Gasteiger partial charge in [0.1, 0.15) is 11.3 Å². The predicted molar refractivity (Wildman–Crippen MR) is 99.0 cm³/mol. The van der Waals surface area contributed by atoms with Crippen LogP contribution >= 0.6 is 0 Å². The van der Waals surface area contributed by atoms with Crippen molar-refractivity contribution >= 4 is 10.9 Å². The van der Waals surface area contributed by atoms with E-state index in [1.165, 1.54) is 69.8 Å². The number of pyridine rings is 1. The number of rotatable bonds is 11. The number of hydrogen-bond acceptors (Lipinski definition) is 2. The Bertz CT molecular complexity index is 579. The molecule has 0 spiro atoms. The van der Waals surface area contributed by atoms with Crippen LogP contribution in [0.4, 0.5) is 0 Å². The van der Waals surface area contributed by atoms with Crippen molar-refractivity contribution in [2.24, 2.45) is 0 Å². The molecular weight excluding hydrogens is 282 g/mol. The van der Waals surface area contributed by atoms with Crippen LogP contribution in [0.1, 0.15) is 76.7 Å². The van der Waals surface area contributed by atoms with Crippen LogP contribution in [0, 0.1) is 0 Å². The first-order valence-corrected chi connectivity index (χ1v) is 9.38. The Morgan fingerprint density at radius 1 is 0.826 bits per heavy atom. The fourth-order valence-electron chi connectivity index (χ4n) is 3.24. The van der Waals surface area contributed by atoms with E-state index in [1.54, 1.807) is 12.3 Å². The molecule has 0 fully saturated rings. The Morgan fingerprint density at radius 2 is 1.48 bits per heavy atom. The number of hydrogen-bond donors (Lipinski definition) is 1. The van der Waals surface area contributed by atoms with Gasteiger partial charge < -0.3 is 5.11 Å². The zero-order valence-electron chi connectivity index (χ0n) is 14.6. The van der Waals surface area contributed by atoms with E-state index in [9.17, 15) is 5.11 Å². The fraction of sp³-hybridized carbons (Fsp3) is 0.571. The minimum atomic E-state index is 0.285. The second kappa shape index (κ2) is 10.3. The SMILES string of the molecule is CCCCCCCCCCCCc1ccc(O)c2ncccc12. The first-order chi connectivity index (χ1) is 11.3. The zero-order valence-corrected chi connectivity index (χ0v) is 14.6. The van der Waals surface area contributed by atoms with E-state index in [0.717, 1.165) is 17.3 Å². The third kappa shape index (κ3) is 5.85. The molecule has 2 heteroatoms. The van der Waals surface area contributed by atoms with Crippen LogP contribution in [0.25, 0.3) is 10.9 Å². The molecule has 0 atom stereocenters. The van der Waals surface area contributed by atoms with E-state index in [4.69, 9.17) is 0 Å². The third-order valence-electron chi connectivity index (χ3n) is 4.64. The Balaban J connectivity index is 1.65. The average Bonchev–Trinajstić information content (AvgIpc) is 2.58. The Kier molecular flexibility index (Phi) is 7.92. The van der Waals surface area contributed by atoms with Crippen LogP contribution in [0.3, 0.4) is 0 Å². The molecule has 0 unspecified atom stereocenters. The van der Waals surface area contributed by atoms with Crippen LogP contribution in [0.2, 0.25) is 0 Å². The number of phenolic OH excluding ortho intramolecular Hbond substituents is 1. The highest BCUT2D eigenvalue weighted by Crippen LogP contribution is 2.26. The van der Waals surface area contributed by atoms with Crippen molar-refractivity contribution in [1.82, 2.24) is 4.98 Å². The molecule has 0 aliphatic rings. The number of aryl methyl sites for hydroxylation is 1. The minimum absolute atomic E-state index is 0.285. The predicted octanol–water partition coefficient (Wildman–Crippen LogP) is 6.40. The molecule has 126 valence electrons. The van der Waals surface area contributed by atoms with Gasteiger partial charge in [-0.2, -0.15) is 0 Å². The molecule has 1 N–H and O–H groups in total. The quantitative estimate of drug-likeness (QED) is 0.487. The molecule has 0 saturated heterocycles. The van der Waals surface area contributed by atoms with Crippen molar-refractivity contribution in [2.75, 3.05) is 0 Å². The average molecular weight is 313 g/mol. The summed E-state index contributed by atoms with van der Waals surface area (Å²) in [4.78, 5) is 4.29. The maximum atomic E-state index is 9.88. The van der Waals surface area contributed by atoms with E-state index in [1.807, 2.05) is 12.1 Å². The highest BCUT2D eigenvalue weighted by molar-refractivity contribution is 5.87. The lowest BCUT2D eigenvalue weighted by Crippen LogP contribution is -1.90. The lowest BCUT2D eigenvalue weighted by molar-refractivity contribution is 0.480. The van der Waals surface area contributed by atoms with Gasteiger partial charge in [0.05, 0.1) is 0 Å². The van der Waals surface area contributed by atoms with Gasteiger partial charge in [0, 0.05) is 11.6 Å². The number of aromatic nitrogens is 1. The molecule has 0 saturated carbocycles. The van der Waals surface area contributed by atoms with Gasteiger partial charge in [-0.15, -0.1) is 0 Å². The van der Waals surface area contributed by atoms with Gasteiger partial charge in [-0.3, -0.25) is 4.98 Å². The maximum absolute atomic E-state index is 9.88. The first kappa shape index (κ1) is 17.8. The summed E-state index contributed by atoms with van der Waals surface area (Å²) in [6, 6.07) is 7.84. The van der Waals surface area contributed by atoms with Crippen LogP contribution in [-0.2, 0) is 6.42 Å². The van der Waals surface area contributed by atoms with Crippen LogP contribution < -0.4 is 0 Å². The summed E-state index contributed by atoms with van der Waals surface area (Å²) in [5.41, 5.74) is 2.04. The van der Waals surface area contributed by atoms with Gasteiger partial charge >= 0.3 is 0 Å². The van der Waals surface area contributed by atoms with Gasteiger partial charge in [0.2, 0.25) is 0 Å². The van der Waals surface area contributed by atoms with E-state index in [0.29, 0.717) is 0 Å². The molecule has 2 nitrogen and oxygen atoms in total. The van der Waals surface area contributed by atoms with Crippen molar-refractivity contribution in [3.63, 3.8) is 0 Å². The summed E-state index contributed by atoms with van der Waals surface area (Å²) in [5, 5.41) is 11.0. The Hall–Kier alpha value is -1.57.